The van der Waals surface area contributed by atoms with E-state index >= 15 is 0 Å². The van der Waals surface area contributed by atoms with Crippen LogP contribution in [0.3, 0.4) is 0 Å². The van der Waals surface area contributed by atoms with Gasteiger partial charge in [-0.3, -0.25) is 0 Å². The van der Waals surface area contributed by atoms with Crippen LogP contribution < -0.4 is 5.32 Å². The van der Waals surface area contributed by atoms with E-state index in [0.29, 0.717) is 0 Å². The van der Waals surface area contributed by atoms with Crippen LogP contribution in [-0.2, 0) is 0 Å². The molecule has 0 saturated heterocycles. The van der Waals surface area contributed by atoms with Gasteiger partial charge < -0.3 is 10.2 Å². The van der Waals surface area contributed by atoms with Gasteiger partial charge in [-0.25, -0.2) is 0 Å². The van der Waals surface area contributed by atoms with Gasteiger partial charge in [-0.15, -0.1) is 0 Å². The minimum absolute atomic E-state index is 0.769. The van der Waals surface area contributed by atoms with Crippen LogP contribution in [0.2, 0.25) is 0 Å². The van der Waals surface area contributed by atoms with Crippen LogP contribution in [0.5, 0.6) is 0 Å². The molecule has 0 amide bonds. The summed E-state index contributed by atoms with van der Waals surface area (Å²) in [6, 6.07) is 1.65. The largest absolute Gasteiger partial charge is 0.312 e. The minimum atomic E-state index is 0.769. The van der Waals surface area contributed by atoms with Crippen LogP contribution in [0.1, 0.15) is 51.9 Å². The third-order valence-corrected chi connectivity index (χ3v) is 4.28. The van der Waals surface area contributed by atoms with Gasteiger partial charge in [0.15, 0.2) is 0 Å². The van der Waals surface area contributed by atoms with E-state index in [-0.39, 0.29) is 0 Å². The van der Waals surface area contributed by atoms with Crippen molar-refractivity contribution >= 4 is 0 Å². The van der Waals surface area contributed by atoms with E-state index in [1.165, 1.54) is 58.0 Å². The number of nitrogens with zero attached hydrogens (tertiary/aromatic N) is 1. The van der Waals surface area contributed by atoms with Crippen molar-refractivity contribution in [3.8, 4) is 0 Å². The van der Waals surface area contributed by atoms with Crippen molar-refractivity contribution in [3.05, 3.63) is 0 Å². The maximum Gasteiger partial charge on any atom is 0.0223 e. The zero-order valence-electron chi connectivity index (χ0n) is 11.0. The Balaban J connectivity index is 1.74. The number of rotatable bonds is 7. The van der Waals surface area contributed by atoms with E-state index in [0.717, 1.165) is 18.0 Å². The summed E-state index contributed by atoms with van der Waals surface area (Å²) in [5.74, 6) is 0.982. The molecule has 2 rings (SSSR count). The molecule has 2 saturated carbocycles. The molecule has 0 heterocycles. The van der Waals surface area contributed by atoms with Crippen molar-refractivity contribution in [1.82, 2.24) is 10.2 Å². The Kier molecular flexibility index (Phi) is 4.66. The second kappa shape index (κ2) is 6.02. The molecule has 2 heteroatoms. The highest BCUT2D eigenvalue weighted by molar-refractivity contribution is 4.89. The fourth-order valence-corrected chi connectivity index (χ4v) is 3.01. The quantitative estimate of drug-likeness (QED) is 0.715. The second-order valence-electron chi connectivity index (χ2n) is 5.78. The summed E-state index contributed by atoms with van der Waals surface area (Å²) in [5, 5.41) is 3.74. The third-order valence-electron chi connectivity index (χ3n) is 4.28. The molecule has 2 aliphatic carbocycles. The fraction of sp³-hybridized carbons (Fsp3) is 1.00. The van der Waals surface area contributed by atoms with E-state index in [4.69, 9.17) is 0 Å². The van der Waals surface area contributed by atoms with Crippen LogP contribution in [0.25, 0.3) is 0 Å². The first-order valence-electron chi connectivity index (χ1n) is 7.25. The molecule has 0 aromatic rings. The zero-order chi connectivity index (χ0) is 11.4. The van der Waals surface area contributed by atoms with E-state index in [2.05, 4.69) is 24.2 Å². The van der Waals surface area contributed by atoms with E-state index in [9.17, 15) is 0 Å². The molecule has 0 bridgehead atoms. The molecule has 1 unspecified atom stereocenters. The Bertz CT molecular complexity index is 195. The topological polar surface area (TPSA) is 15.3 Å². The van der Waals surface area contributed by atoms with Crippen LogP contribution in [-0.4, -0.2) is 37.1 Å². The van der Waals surface area contributed by atoms with E-state index in [1.807, 2.05) is 0 Å². The van der Waals surface area contributed by atoms with Gasteiger partial charge in [-0.05, 0) is 51.6 Å². The standard InChI is InChI=1S/C14H28N2/c1-3-10-15-14(12-8-9-12)11-16(2)13-6-4-5-7-13/h12-15H,3-11H2,1-2H3. The smallest absolute Gasteiger partial charge is 0.0223 e. The van der Waals surface area contributed by atoms with Crippen molar-refractivity contribution in [1.29, 1.82) is 0 Å². The zero-order valence-corrected chi connectivity index (χ0v) is 11.0. The van der Waals surface area contributed by atoms with Gasteiger partial charge in [0, 0.05) is 18.6 Å². The molecule has 2 nitrogen and oxygen atoms in total. The third kappa shape index (κ3) is 3.46. The summed E-state index contributed by atoms with van der Waals surface area (Å²) in [5.41, 5.74) is 0. The van der Waals surface area contributed by atoms with Crippen molar-refractivity contribution in [2.45, 2.75) is 64.0 Å². The van der Waals surface area contributed by atoms with Crippen molar-refractivity contribution < 1.29 is 0 Å². The molecule has 0 aliphatic heterocycles. The monoisotopic (exact) mass is 224 g/mol. The molecule has 94 valence electrons. The van der Waals surface area contributed by atoms with Gasteiger partial charge in [0.1, 0.15) is 0 Å². The molecule has 2 aliphatic rings. The fourth-order valence-electron chi connectivity index (χ4n) is 3.01. The molecule has 0 spiro atoms. The van der Waals surface area contributed by atoms with Crippen molar-refractivity contribution in [2.24, 2.45) is 5.92 Å². The summed E-state index contributed by atoms with van der Waals surface area (Å²) < 4.78 is 0. The lowest BCUT2D eigenvalue weighted by molar-refractivity contribution is 0.209. The molecule has 1 N–H and O–H groups in total. The Hall–Kier alpha value is -0.0800. The first-order valence-corrected chi connectivity index (χ1v) is 7.25. The summed E-state index contributed by atoms with van der Waals surface area (Å²) in [4.78, 5) is 2.62. The van der Waals surface area contributed by atoms with Crippen LogP contribution in [0.4, 0.5) is 0 Å². The lowest BCUT2D eigenvalue weighted by atomic mass is 10.1. The second-order valence-corrected chi connectivity index (χ2v) is 5.78. The summed E-state index contributed by atoms with van der Waals surface area (Å²) in [6.07, 6.45) is 9.94. The predicted octanol–water partition coefficient (Wildman–Crippen LogP) is 2.64. The first-order chi connectivity index (χ1) is 7.81. The first kappa shape index (κ1) is 12.4. The summed E-state index contributed by atoms with van der Waals surface area (Å²) in [7, 11) is 2.33. The Morgan fingerprint density at radius 3 is 2.44 bits per heavy atom. The lowest BCUT2D eigenvalue weighted by Gasteiger charge is -2.29. The molecular formula is C14H28N2. The number of hydrogen-bond donors (Lipinski definition) is 1. The van der Waals surface area contributed by atoms with E-state index in [1.54, 1.807) is 0 Å². The van der Waals surface area contributed by atoms with Crippen LogP contribution >= 0.6 is 0 Å². The highest BCUT2D eigenvalue weighted by atomic mass is 15.2. The van der Waals surface area contributed by atoms with E-state index < -0.39 is 0 Å². The SMILES string of the molecule is CCCNC(CN(C)C1CCCC1)C1CC1. The normalized spacial score (nSPS) is 24.2. The molecule has 16 heavy (non-hydrogen) atoms. The number of hydrogen-bond acceptors (Lipinski definition) is 2. The molecule has 0 aromatic heterocycles. The lowest BCUT2D eigenvalue weighted by Crippen LogP contribution is -2.44. The van der Waals surface area contributed by atoms with Crippen molar-refractivity contribution in [2.75, 3.05) is 20.1 Å². The summed E-state index contributed by atoms with van der Waals surface area (Å²) >= 11 is 0. The maximum atomic E-state index is 3.74. The molecular weight excluding hydrogens is 196 g/mol. The average Bonchev–Trinajstić information content (AvgIpc) is 2.98. The Labute approximate surface area is 101 Å². The van der Waals surface area contributed by atoms with Crippen LogP contribution in [0.15, 0.2) is 0 Å². The van der Waals surface area contributed by atoms with Gasteiger partial charge in [0.05, 0.1) is 0 Å². The Morgan fingerprint density at radius 1 is 1.19 bits per heavy atom. The van der Waals surface area contributed by atoms with Gasteiger partial charge in [0.25, 0.3) is 0 Å². The minimum Gasteiger partial charge on any atom is -0.312 e. The number of nitrogens with one attached hydrogen (secondary N) is 1. The highest BCUT2D eigenvalue weighted by Crippen LogP contribution is 2.33. The molecule has 2 fully saturated rings. The predicted molar refractivity (Wildman–Crippen MR) is 69.7 cm³/mol. The van der Waals surface area contributed by atoms with Gasteiger partial charge in [-0.1, -0.05) is 19.8 Å². The Morgan fingerprint density at radius 2 is 1.88 bits per heavy atom. The maximum absolute atomic E-state index is 3.74. The van der Waals surface area contributed by atoms with Crippen molar-refractivity contribution in [3.63, 3.8) is 0 Å². The van der Waals surface area contributed by atoms with Gasteiger partial charge in [0.2, 0.25) is 0 Å². The molecule has 0 radical (unpaired) electrons. The summed E-state index contributed by atoms with van der Waals surface area (Å²) in [6.45, 7) is 4.73. The number of likely N-dealkylation sites (N-methyl/N-ethyl adjacent to an activating group) is 1. The van der Waals surface area contributed by atoms with Crippen LogP contribution in [0, 0.1) is 5.92 Å². The average molecular weight is 224 g/mol. The molecule has 1 atom stereocenters. The highest BCUT2D eigenvalue weighted by Gasteiger charge is 2.32. The van der Waals surface area contributed by atoms with Gasteiger partial charge >= 0.3 is 0 Å². The molecule has 0 aromatic carbocycles. The van der Waals surface area contributed by atoms with Gasteiger partial charge in [-0.2, -0.15) is 0 Å².